The maximum atomic E-state index is 14.2. The highest BCUT2D eigenvalue weighted by Gasteiger charge is 2.28. The Morgan fingerprint density at radius 3 is 2.63 bits per heavy atom. The topological polar surface area (TPSA) is 78.5 Å². The van der Waals surface area contributed by atoms with Crippen molar-refractivity contribution < 1.29 is 22.0 Å². The number of hydrogen-bond donors (Lipinski definition) is 2. The van der Waals surface area contributed by atoms with Crippen molar-refractivity contribution in [2.45, 2.75) is 43.7 Å². The molecule has 2 atom stereocenters. The molecule has 0 bridgehead atoms. The third-order valence-corrected chi connectivity index (χ3v) is 6.64. The first-order valence-electron chi connectivity index (χ1n) is 9.75. The number of amides is 1. The molecule has 0 spiro atoms. The number of benzene rings is 2. The smallest absolute Gasteiger partial charge is 0.244 e. The van der Waals surface area contributed by atoms with Gasteiger partial charge in [-0.3, -0.25) is 4.79 Å². The monoisotopic (exact) mass is 437 g/mol. The SMILES string of the molecule is Cc1ccc(F)c(N2CCCC(NC(=O)[C@H](C)NS(=O)(=O)c3ccccc3F)C2)c1. The highest BCUT2D eigenvalue weighted by atomic mass is 32.2. The van der Waals surface area contributed by atoms with Crippen molar-refractivity contribution in [2.75, 3.05) is 18.0 Å². The zero-order chi connectivity index (χ0) is 21.9. The van der Waals surface area contributed by atoms with Crippen molar-refractivity contribution in [1.82, 2.24) is 10.0 Å². The number of carbonyl (C=O) groups is 1. The van der Waals surface area contributed by atoms with E-state index in [-0.39, 0.29) is 11.9 Å². The van der Waals surface area contributed by atoms with Gasteiger partial charge in [0.15, 0.2) is 0 Å². The number of carbonyl (C=O) groups excluding carboxylic acids is 1. The second-order valence-electron chi connectivity index (χ2n) is 7.52. The molecule has 3 rings (SSSR count). The molecular formula is C21H25F2N3O3S. The molecule has 0 saturated carbocycles. The Bertz CT molecular complexity index is 1030. The van der Waals surface area contributed by atoms with Gasteiger partial charge in [-0.25, -0.2) is 17.2 Å². The predicted molar refractivity (Wildman–Crippen MR) is 111 cm³/mol. The van der Waals surface area contributed by atoms with Crippen LogP contribution in [0.15, 0.2) is 47.4 Å². The fourth-order valence-electron chi connectivity index (χ4n) is 3.52. The second-order valence-corrected chi connectivity index (χ2v) is 9.20. The van der Waals surface area contributed by atoms with Crippen LogP contribution >= 0.6 is 0 Å². The van der Waals surface area contributed by atoms with E-state index in [4.69, 9.17) is 0 Å². The maximum Gasteiger partial charge on any atom is 0.244 e. The summed E-state index contributed by atoms with van der Waals surface area (Å²) >= 11 is 0. The Labute approximate surface area is 175 Å². The lowest BCUT2D eigenvalue weighted by molar-refractivity contribution is -0.123. The molecule has 1 aliphatic rings. The number of sulfonamides is 1. The van der Waals surface area contributed by atoms with Gasteiger partial charge in [-0.2, -0.15) is 4.72 Å². The van der Waals surface area contributed by atoms with Crippen molar-refractivity contribution in [3.05, 3.63) is 59.7 Å². The molecule has 1 aliphatic heterocycles. The molecular weight excluding hydrogens is 412 g/mol. The van der Waals surface area contributed by atoms with Gasteiger partial charge in [0, 0.05) is 19.1 Å². The van der Waals surface area contributed by atoms with Gasteiger partial charge in [-0.05, 0) is 56.5 Å². The molecule has 2 N–H and O–H groups in total. The third kappa shape index (κ3) is 5.14. The van der Waals surface area contributed by atoms with E-state index in [9.17, 15) is 22.0 Å². The Morgan fingerprint density at radius 1 is 1.17 bits per heavy atom. The normalized spacial score (nSPS) is 18.1. The number of nitrogens with one attached hydrogen (secondary N) is 2. The van der Waals surface area contributed by atoms with Gasteiger partial charge in [0.05, 0.1) is 11.7 Å². The summed E-state index contributed by atoms with van der Waals surface area (Å²) in [5, 5.41) is 2.82. The van der Waals surface area contributed by atoms with Crippen LogP contribution in [0.5, 0.6) is 0 Å². The summed E-state index contributed by atoms with van der Waals surface area (Å²) in [4.78, 5) is 13.9. The number of aryl methyl sites for hydroxylation is 1. The number of halogens is 2. The zero-order valence-electron chi connectivity index (χ0n) is 16.9. The van der Waals surface area contributed by atoms with Gasteiger partial charge in [-0.15, -0.1) is 0 Å². The van der Waals surface area contributed by atoms with Gasteiger partial charge < -0.3 is 10.2 Å². The molecule has 0 aliphatic carbocycles. The van der Waals surface area contributed by atoms with E-state index < -0.39 is 32.7 Å². The molecule has 1 unspecified atom stereocenters. The van der Waals surface area contributed by atoms with Crippen molar-refractivity contribution in [1.29, 1.82) is 0 Å². The summed E-state index contributed by atoms with van der Waals surface area (Å²) in [6, 6.07) is 8.51. The fourth-order valence-corrected chi connectivity index (χ4v) is 4.80. The average molecular weight is 438 g/mol. The van der Waals surface area contributed by atoms with Crippen LogP contribution in [0, 0.1) is 18.6 Å². The minimum atomic E-state index is -4.19. The van der Waals surface area contributed by atoms with Crippen molar-refractivity contribution >= 4 is 21.6 Å². The number of hydrogen-bond acceptors (Lipinski definition) is 4. The van der Waals surface area contributed by atoms with E-state index in [0.29, 0.717) is 25.2 Å². The first-order valence-corrected chi connectivity index (χ1v) is 11.2. The van der Waals surface area contributed by atoms with Gasteiger partial charge in [-0.1, -0.05) is 18.2 Å². The van der Waals surface area contributed by atoms with E-state index in [1.54, 1.807) is 12.1 Å². The van der Waals surface area contributed by atoms with E-state index in [1.807, 2.05) is 11.8 Å². The van der Waals surface area contributed by atoms with Gasteiger partial charge in [0.2, 0.25) is 15.9 Å². The first kappa shape index (κ1) is 22.2. The largest absolute Gasteiger partial charge is 0.367 e. The highest BCUT2D eigenvalue weighted by Crippen LogP contribution is 2.24. The average Bonchev–Trinajstić information content (AvgIpc) is 2.70. The molecule has 1 saturated heterocycles. The Hall–Kier alpha value is -2.52. The molecule has 2 aromatic rings. The van der Waals surface area contributed by atoms with Crippen molar-refractivity contribution in [2.24, 2.45) is 0 Å². The lowest BCUT2D eigenvalue weighted by Crippen LogP contribution is -2.53. The van der Waals surface area contributed by atoms with Crippen LogP contribution in [0.1, 0.15) is 25.3 Å². The van der Waals surface area contributed by atoms with Gasteiger partial charge in [0.1, 0.15) is 16.5 Å². The molecule has 6 nitrogen and oxygen atoms in total. The standard InChI is InChI=1S/C21H25F2N3O3S/c1-14-9-10-17(22)19(12-14)26-11-5-6-16(13-26)24-21(27)15(2)25-30(28,29)20-8-4-3-7-18(20)23/h3-4,7-10,12,15-16,25H,5-6,11,13H2,1-2H3,(H,24,27)/t15-,16?/m0/s1. The molecule has 1 fully saturated rings. The Kier molecular flexibility index (Phi) is 6.72. The highest BCUT2D eigenvalue weighted by molar-refractivity contribution is 7.89. The van der Waals surface area contributed by atoms with Crippen molar-refractivity contribution in [3.63, 3.8) is 0 Å². The molecule has 1 heterocycles. The molecule has 0 aromatic heterocycles. The van der Waals surface area contributed by atoms with Crippen LogP contribution in [0.25, 0.3) is 0 Å². The molecule has 30 heavy (non-hydrogen) atoms. The summed E-state index contributed by atoms with van der Waals surface area (Å²) in [6.07, 6.45) is 1.45. The predicted octanol–water partition coefficient (Wildman–Crippen LogP) is 2.73. The lowest BCUT2D eigenvalue weighted by atomic mass is 10.0. The summed E-state index contributed by atoms with van der Waals surface area (Å²) in [5.74, 6) is -1.73. The van der Waals surface area contributed by atoms with Crippen LogP contribution in [-0.4, -0.2) is 39.5 Å². The van der Waals surface area contributed by atoms with Crippen LogP contribution in [0.3, 0.4) is 0 Å². The van der Waals surface area contributed by atoms with Crippen LogP contribution in [0.4, 0.5) is 14.5 Å². The Balaban J connectivity index is 1.64. The van der Waals surface area contributed by atoms with E-state index in [1.165, 1.54) is 25.1 Å². The quantitative estimate of drug-likeness (QED) is 0.729. The number of anilines is 1. The molecule has 162 valence electrons. The summed E-state index contributed by atoms with van der Waals surface area (Å²) < 4.78 is 55.0. The summed E-state index contributed by atoms with van der Waals surface area (Å²) in [7, 11) is -4.19. The molecule has 2 aromatic carbocycles. The summed E-state index contributed by atoms with van der Waals surface area (Å²) in [5.41, 5.74) is 1.43. The molecule has 0 radical (unpaired) electrons. The van der Waals surface area contributed by atoms with Crippen LogP contribution in [-0.2, 0) is 14.8 Å². The Morgan fingerprint density at radius 2 is 1.90 bits per heavy atom. The van der Waals surface area contributed by atoms with Crippen molar-refractivity contribution in [3.8, 4) is 0 Å². The number of piperidine rings is 1. The third-order valence-electron chi connectivity index (χ3n) is 5.06. The first-order chi connectivity index (χ1) is 14.2. The van der Waals surface area contributed by atoms with E-state index >= 15 is 0 Å². The zero-order valence-corrected chi connectivity index (χ0v) is 17.7. The van der Waals surface area contributed by atoms with Crippen LogP contribution < -0.4 is 14.9 Å². The number of nitrogens with zero attached hydrogens (tertiary/aromatic N) is 1. The van der Waals surface area contributed by atoms with Crippen LogP contribution in [0.2, 0.25) is 0 Å². The molecule has 1 amide bonds. The minimum Gasteiger partial charge on any atom is -0.367 e. The lowest BCUT2D eigenvalue weighted by Gasteiger charge is -2.35. The van der Waals surface area contributed by atoms with Gasteiger partial charge in [0.25, 0.3) is 0 Å². The fraction of sp³-hybridized carbons (Fsp3) is 0.381. The minimum absolute atomic E-state index is 0.258. The number of rotatable bonds is 6. The summed E-state index contributed by atoms with van der Waals surface area (Å²) in [6.45, 7) is 4.37. The van der Waals surface area contributed by atoms with E-state index in [0.717, 1.165) is 24.1 Å². The maximum absolute atomic E-state index is 14.2. The van der Waals surface area contributed by atoms with E-state index in [2.05, 4.69) is 10.0 Å². The molecule has 9 heteroatoms. The van der Waals surface area contributed by atoms with Gasteiger partial charge >= 0.3 is 0 Å². The second kappa shape index (κ2) is 9.09.